The van der Waals surface area contributed by atoms with Crippen molar-refractivity contribution in [2.75, 3.05) is 19.6 Å². The van der Waals surface area contributed by atoms with Crippen molar-refractivity contribution in [3.05, 3.63) is 35.4 Å². The summed E-state index contributed by atoms with van der Waals surface area (Å²) in [7, 11) is 0. The minimum atomic E-state index is 0.0714. The van der Waals surface area contributed by atoms with Gasteiger partial charge in [0.1, 0.15) is 0 Å². The lowest BCUT2D eigenvalue weighted by Gasteiger charge is -2.34. The second-order valence-corrected chi connectivity index (χ2v) is 7.29. The lowest BCUT2D eigenvalue weighted by molar-refractivity contribution is -0.134. The molecule has 4 nitrogen and oxygen atoms in total. The third-order valence-corrected chi connectivity index (χ3v) is 5.20. The van der Waals surface area contributed by atoms with Gasteiger partial charge >= 0.3 is 0 Å². The number of carbonyl (C=O) groups excluding carboxylic acids is 2. The molecule has 0 unspecified atom stereocenters. The molecule has 1 aliphatic rings. The van der Waals surface area contributed by atoms with Crippen LogP contribution in [0.25, 0.3) is 0 Å². The van der Waals surface area contributed by atoms with Crippen molar-refractivity contribution in [2.45, 2.75) is 71.3 Å². The van der Waals surface area contributed by atoms with E-state index < -0.39 is 0 Å². The number of piperidine rings is 1. The van der Waals surface area contributed by atoms with Crippen LogP contribution in [-0.2, 0) is 11.2 Å². The molecule has 144 valence electrons. The number of carbonyl (C=O) groups is 2. The summed E-state index contributed by atoms with van der Waals surface area (Å²) < 4.78 is 0. The van der Waals surface area contributed by atoms with Crippen LogP contribution in [0.3, 0.4) is 0 Å². The lowest BCUT2D eigenvalue weighted by Crippen LogP contribution is -2.46. The van der Waals surface area contributed by atoms with E-state index in [4.69, 9.17) is 0 Å². The highest BCUT2D eigenvalue weighted by Crippen LogP contribution is 2.16. The average Bonchev–Trinajstić information content (AvgIpc) is 2.69. The van der Waals surface area contributed by atoms with Crippen LogP contribution in [0.4, 0.5) is 0 Å². The standard InChI is InChI=1S/C22H34N2O2/c1-3-5-6-18-7-9-19(10-8-18)21(25)11-12-22(26)24(17-4-2)20-13-15-23-16-14-20/h7-10,20,23H,3-6,11-17H2,1-2H3. The fraction of sp³-hybridized carbons (Fsp3) is 0.636. The maximum Gasteiger partial charge on any atom is 0.223 e. The predicted octanol–water partition coefficient (Wildman–Crippen LogP) is 3.98. The Morgan fingerprint density at radius 3 is 2.35 bits per heavy atom. The molecule has 0 aliphatic carbocycles. The highest BCUT2D eigenvalue weighted by atomic mass is 16.2. The monoisotopic (exact) mass is 358 g/mol. The van der Waals surface area contributed by atoms with Gasteiger partial charge in [-0.1, -0.05) is 44.5 Å². The molecule has 4 heteroatoms. The zero-order valence-electron chi connectivity index (χ0n) is 16.4. The maximum atomic E-state index is 12.7. The maximum absolute atomic E-state index is 12.7. The van der Waals surface area contributed by atoms with Crippen LogP contribution in [0.5, 0.6) is 0 Å². The van der Waals surface area contributed by atoms with E-state index >= 15 is 0 Å². The molecule has 0 aromatic heterocycles. The number of unbranched alkanes of at least 4 members (excludes halogenated alkanes) is 1. The molecule has 1 aromatic rings. The topological polar surface area (TPSA) is 49.4 Å². The molecule has 1 fully saturated rings. The Morgan fingerprint density at radius 1 is 1.04 bits per heavy atom. The third-order valence-electron chi connectivity index (χ3n) is 5.20. The Kier molecular flexibility index (Phi) is 8.82. The molecule has 1 amide bonds. The van der Waals surface area contributed by atoms with Crippen LogP contribution in [0.1, 0.15) is 74.7 Å². The zero-order valence-corrected chi connectivity index (χ0v) is 16.4. The molecule has 1 saturated heterocycles. The molecule has 0 radical (unpaired) electrons. The van der Waals surface area contributed by atoms with Crippen molar-refractivity contribution >= 4 is 11.7 Å². The van der Waals surface area contributed by atoms with Crippen molar-refractivity contribution in [3.63, 3.8) is 0 Å². The summed E-state index contributed by atoms with van der Waals surface area (Å²) in [4.78, 5) is 27.2. The number of ketones is 1. The van der Waals surface area contributed by atoms with Crippen molar-refractivity contribution in [1.29, 1.82) is 0 Å². The second kappa shape index (κ2) is 11.1. The number of aryl methyl sites for hydroxylation is 1. The fourth-order valence-electron chi connectivity index (χ4n) is 3.62. The number of rotatable bonds is 10. The van der Waals surface area contributed by atoms with E-state index in [9.17, 15) is 9.59 Å². The van der Waals surface area contributed by atoms with Crippen LogP contribution in [0, 0.1) is 0 Å². The summed E-state index contributed by atoms with van der Waals surface area (Å²) in [5, 5.41) is 3.35. The normalized spacial score (nSPS) is 15.0. The van der Waals surface area contributed by atoms with Crippen molar-refractivity contribution in [2.24, 2.45) is 0 Å². The molecular weight excluding hydrogens is 324 g/mol. The Labute approximate surface area is 158 Å². The summed E-state index contributed by atoms with van der Waals surface area (Å²) in [5.74, 6) is 0.203. The average molecular weight is 359 g/mol. The quantitative estimate of drug-likeness (QED) is 0.644. The van der Waals surface area contributed by atoms with Gasteiger partial charge in [-0.3, -0.25) is 9.59 Å². The van der Waals surface area contributed by atoms with E-state index in [1.54, 1.807) is 0 Å². The van der Waals surface area contributed by atoms with Gasteiger partial charge in [-0.05, 0) is 50.8 Å². The van der Waals surface area contributed by atoms with Gasteiger partial charge in [-0.25, -0.2) is 0 Å². The first kappa shape index (κ1) is 20.6. The van der Waals surface area contributed by atoms with E-state index in [-0.39, 0.29) is 11.7 Å². The summed E-state index contributed by atoms with van der Waals surface area (Å²) in [6, 6.07) is 8.24. The molecule has 1 heterocycles. The van der Waals surface area contributed by atoms with E-state index in [2.05, 4.69) is 19.2 Å². The molecule has 1 aromatic carbocycles. The first-order valence-corrected chi connectivity index (χ1v) is 10.3. The first-order chi connectivity index (χ1) is 12.7. The summed E-state index contributed by atoms with van der Waals surface area (Å²) in [6.07, 6.45) is 7.02. The number of nitrogens with one attached hydrogen (secondary N) is 1. The SMILES string of the molecule is CCCCc1ccc(C(=O)CCC(=O)N(CCC)C2CCNCC2)cc1. The minimum Gasteiger partial charge on any atom is -0.340 e. The molecule has 0 spiro atoms. The molecule has 1 N–H and O–H groups in total. The van der Waals surface area contributed by atoms with Crippen molar-refractivity contribution in [1.82, 2.24) is 10.2 Å². The smallest absolute Gasteiger partial charge is 0.223 e. The van der Waals surface area contributed by atoms with Gasteiger partial charge < -0.3 is 10.2 Å². The van der Waals surface area contributed by atoms with Gasteiger partial charge in [-0.2, -0.15) is 0 Å². The van der Waals surface area contributed by atoms with E-state index in [0.717, 1.165) is 50.9 Å². The first-order valence-electron chi connectivity index (χ1n) is 10.3. The van der Waals surface area contributed by atoms with Crippen molar-refractivity contribution in [3.8, 4) is 0 Å². The van der Waals surface area contributed by atoms with E-state index in [0.29, 0.717) is 18.9 Å². The van der Waals surface area contributed by atoms with Crippen LogP contribution in [-0.4, -0.2) is 42.3 Å². The molecule has 2 rings (SSSR count). The van der Waals surface area contributed by atoms with E-state index in [1.807, 2.05) is 29.2 Å². The molecule has 0 saturated carbocycles. The number of benzene rings is 1. The van der Waals surface area contributed by atoms with Gasteiger partial charge in [0, 0.05) is 31.0 Å². The van der Waals surface area contributed by atoms with Crippen LogP contribution in [0.2, 0.25) is 0 Å². The zero-order chi connectivity index (χ0) is 18.8. The largest absolute Gasteiger partial charge is 0.340 e. The Balaban J connectivity index is 1.86. The number of Topliss-reactive ketones (excluding diaryl/α,β-unsaturated/α-hetero) is 1. The number of hydrogen-bond acceptors (Lipinski definition) is 3. The number of amides is 1. The Bertz CT molecular complexity index is 562. The molecule has 0 bridgehead atoms. The predicted molar refractivity (Wildman–Crippen MR) is 107 cm³/mol. The van der Waals surface area contributed by atoms with E-state index in [1.165, 1.54) is 18.4 Å². The molecule has 26 heavy (non-hydrogen) atoms. The summed E-state index contributed by atoms with van der Waals surface area (Å²) >= 11 is 0. The van der Waals surface area contributed by atoms with Gasteiger partial charge in [-0.15, -0.1) is 0 Å². The minimum absolute atomic E-state index is 0.0714. The lowest BCUT2D eigenvalue weighted by atomic mass is 10.0. The van der Waals surface area contributed by atoms with Gasteiger partial charge in [0.15, 0.2) is 5.78 Å². The van der Waals surface area contributed by atoms with Gasteiger partial charge in [0.05, 0.1) is 0 Å². The van der Waals surface area contributed by atoms with Crippen LogP contribution in [0.15, 0.2) is 24.3 Å². The Morgan fingerprint density at radius 2 is 1.73 bits per heavy atom. The van der Waals surface area contributed by atoms with Gasteiger partial charge in [0.25, 0.3) is 0 Å². The highest BCUT2D eigenvalue weighted by molar-refractivity contribution is 5.98. The molecule has 0 atom stereocenters. The highest BCUT2D eigenvalue weighted by Gasteiger charge is 2.24. The molecular formula is C22H34N2O2. The molecule has 1 aliphatic heterocycles. The second-order valence-electron chi connectivity index (χ2n) is 7.29. The van der Waals surface area contributed by atoms with Gasteiger partial charge in [0.2, 0.25) is 5.91 Å². The fourth-order valence-corrected chi connectivity index (χ4v) is 3.62. The summed E-state index contributed by atoms with van der Waals surface area (Å²) in [5.41, 5.74) is 2.00. The van der Waals surface area contributed by atoms with Crippen LogP contribution < -0.4 is 5.32 Å². The third kappa shape index (κ3) is 6.24. The van der Waals surface area contributed by atoms with Crippen LogP contribution >= 0.6 is 0 Å². The Hall–Kier alpha value is -1.68. The number of nitrogens with zero attached hydrogens (tertiary/aromatic N) is 1. The summed E-state index contributed by atoms with van der Waals surface area (Å²) in [6.45, 7) is 7.03. The van der Waals surface area contributed by atoms with Crippen molar-refractivity contribution < 1.29 is 9.59 Å². The number of hydrogen-bond donors (Lipinski definition) is 1.